The lowest BCUT2D eigenvalue weighted by Crippen LogP contribution is -2.35. The van der Waals surface area contributed by atoms with E-state index in [1.807, 2.05) is 47.4 Å². The molecule has 1 aliphatic heterocycles. The van der Waals surface area contributed by atoms with Gasteiger partial charge in [0.2, 0.25) is 0 Å². The molecule has 3 rings (SSSR count). The van der Waals surface area contributed by atoms with Crippen LogP contribution in [-0.4, -0.2) is 49.8 Å². The van der Waals surface area contributed by atoms with Crippen LogP contribution in [0.4, 0.5) is 5.69 Å². The molecule has 0 aromatic heterocycles. The van der Waals surface area contributed by atoms with Crippen LogP contribution >= 0.6 is 12.2 Å². The fourth-order valence-electron chi connectivity index (χ4n) is 3.68. The van der Waals surface area contributed by atoms with Crippen molar-refractivity contribution in [3.8, 4) is 11.5 Å². The lowest BCUT2D eigenvalue weighted by molar-refractivity contribution is 0.0724. The molecule has 0 aliphatic carbocycles. The van der Waals surface area contributed by atoms with Gasteiger partial charge in [-0.1, -0.05) is 6.07 Å². The van der Waals surface area contributed by atoms with Crippen molar-refractivity contribution in [3.63, 3.8) is 0 Å². The third-order valence-electron chi connectivity index (χ3n) is 5.41. The standard InChI is InChI=1S/C24H31N3O3S/c1-29-21-13-8-18(17-22(21)30-2)7-6-14-25-24(31)26-20-11-9-19(10-12-20)23(28)27-15-4-3-5-16-27/h8-13,17H,3-7,14-16H2,1-2H3,(H2,25,26,31). The Hall–Kier alpha value is -2.80. The van der Waals surface area contributed by atoms with Gasteiger partial charge in [-0.25, -0.2) is 0 Å². The van der Waals surface area contributed by atoms with Crippen molar-refractivity contribution in [2.24, 2.45) is 0 Å². The molecule has 1 saturated heterocycles. The van der Waals surface area contributed by atoms with Crippen LogP contribution in [0.2, 0.25) is 0 Å². The summed E-state index contributed by atoms with van der Waals surface area (Å²) in [5.74, 6) is 1.59. The molecule has 2 N–H and O–H groups in total. The lowest BCUT2D eigenvalue weighted by Gasteiger charge is -2.26. The highest BCUT2D eigenvalue weighted by atomic mass is 32.1. The van der Waals surface area contributed by atoms with Crippen molar-refractivity contribution < 1.29 is 14.3 Å². The third-order valence-corrected chi connectivity index (χ3v) is 5.66. The summed E-state index contributed by atoms with van der Waals surface area (Å²) in [6.45, 7) is 2.47. The third kappa shape index (κ3) is 6.59. The number of amides is 1. The van der Waals surface area contributed by atoms with E-state index in [9.17, 15) is 4.79 Å². The number of piperidine rings is 1. The zero-order valence-electron chi connectivity index (χ0n) is 18.3. The summed E-state index contributed by atoms with van der Waals surface area (Å²) in [4.78, 5) is 14.5. The average molecular weight is 442 g/mol. The molecule has 1 amide bonds. The number of hydrogen-bond donors (Lipinski definition) is 2. The maximum absolute atomic E-state index is 12.6. The van der Waals surface area contributed by atoms with Gasteiger partial charge in [-0.2, -0.15) is 0 Å². The van der Waals surface area contributed by atoms with Gasteiger partial charge in [0.1, 0.15) is 0 Å². The molecule has 0 spiro atoms. The maximum atomic E-state index is 12.6. The fraction of sp³-hybridized carbons (Fsp3) is 0.417. The van der Waals surface area contributed by atoms with Crippen LogP contribution in [0.5, 0.6) is 11.5 Å². The van der Waals surface area contributed by atoms with Crippen molar-refractivity contribution in [1.82, 2.24) is 10.2 Å². The second-order valence-electron chi connectivity index (χ2n) is 7.60. The first kappa shape index (κ1) is 22.9. The highest BCUT2D eigenvalue weighted by Crippen LogP contribution is 2.27. The molecular formula is C24H31N3O3S. The Bertz CT molecular complexity index is 880. The molecule has 0 unspecified atom stereocenters. The Morgan fingerprint density at radius 3 is 2.39 bits per heavy atom. The van der Waals surface area contributed by atoms with Gasteiger partial charge in [-0.15, -0.1) is 0 Å². The van der Waals surface area contributed by atoms with E-state index in [1.165, 1.54) is 12.0 Å². The minimum absolute atomic E-state index is 0.113. The molecule has 1 fully saturated rings. The highest BCUT2D eigenvalue weighted by molar-refractivity contribution is 7.80. The first-order valence-electron chi connectivity index (χ1n) is 10.8. The summed E-state index contributed by atoms with van der Waals surface area (Å²) in [6.07, 6.45) is 5.24. The number of anilines is 1. The van der Waals surface area contributed by atoms with E-state index in [2.05, 4.69) is 10.6 Å². The van der Waals surface area contributed by atoms with Gasteiger partial charge >= 0.3 is 0 Å². The number of methoxy groups -OCH3 is 2. The normalized spacial score (nSPS) is 13.4. The zero-order chi connectivity index (χ0) is 22.1. The number of rotatable bonds is 8. The summed E-state index contributed by atoms with van der Waals surface area (Å²) in [6, 6.07) is 13.5. The van der Waals surface area contributed by atoms with Crippen molar-refractivity contribution in [3.05, 3.63) is 53.6 Å². The van der Waals surface area contributed by atoms with Gasteiger partial charge in [0.05, 0.1) is 14.2 Å². The van der Waals surface area contributed by atoms with Crippen LogP contribution in [0.25, 0.3) is 0 Å². The molecule has 6 nitrogen and oxygen atoms in total. The van der Waals surface area contributed by atoms with E-state index in [-0.39, 0.29) is 5.91 Å². The summed E-state index contributed by atoms with van der Waals surface area (Å²) in [7, 11) is 3.28. The fourth-order valence-corrected chi connectivity index (χ4v) is 3.90. The monoisotopic (exact) mass is 441 g/mol. The number of ether oxygens (including phenoxy) is 2. The van der Waals surface area contributed by atoms with E-state index < -0.39 is 0 Å². The van der Waals surface area contributed by atoms with E-state index in [0.29, 0.717) is 5.11 Å². The first-order valence-corrected chi connectivity index (χ1v) is 11.2. The number of benzene rings is 2. The molecule has 0 bridgehead atoms. The quantitative estimate of drug-likeness (QED) is 0.472. The van der Waals surface area contributed by atoms with Crippen LogP contribution in [0.1, 0.15) is 41.6 Å². The second-order valence-corrected chi connectivity index (χ2v) is 8.01. The molecule has 0 radical (unpaired) electrons. The second kappa shape index (κ2) is 11.6. The number of thiocarbonyl (C=S) groups is 1. The van der Waals surface area contributed by atoms with E-state index in [4.69, 9.17) is 21.7 Å². The number of hydrogen-bond acceptors (Lipinski definition) is 4. The minimum atomic E-state index is 0.113. The van der Waals surface area contributed by atoms with Crippen molar-refractivity contribution in [1.29, 1.82) is 0 Å². The van der Waals surface area contributed by atoms with Gasteiger partial charge in [0.15, 0.2) is 16.6 Å². The largest absolute Gasteiger partial charge is 0.493 e. The summed E-state index contributed by atoms with van der Waals surface area (Å²) < 4.78 is 10.6. The lowest BCUT2D eigenvalue weighted by atomic mass is 10.1. The molecule has 1 aliphatic rings. The summed E-state index contributed by atoms with van der Waals surface area (Å²) in [5, 5.41) is 6.98. The van der Waals surface area contributed by atoms with Crippen LogP contribution in [-0.2, 0) is 6.42 Å². The van der Waals surface area contributed by atoms with E-state index in [0.717, 1.165) is 68.1 Å². The average Bonchev–Trinajstić information content (AvgIpc) is 2.82. The van der Waals surface area contributed by atoms with Crippen LogP contribution in [0.3, 0.4) is 0 Å². The predicted octanol–water partition coefficient (Wildman–Crippen LogP) is 4.25. The maximum Gasteiger partial charge on any atom is 0.253 e. The van der Waals surface area contributed by atoms with E-state index in [1.54, 1.807) is 14.2 Å². The van der Waals surface area contributed by atoms with E-state index >= 15 is 0 Å². The smallest absolute Gasteiger partial charge is 0.253 e. The molecular weight excluding hydrogens is 410 g/mol. The molecule has 31 heavy (non-hydrogen) atoms. The van der Waals surface area contributed by atoms with Gasteiger partial charge < -0.3 is 25.0 Å². The number of nitrogens with zero attached hydrogens (tertiary/aromatic N) is 1. The Morgan fingerprint density at radius 1 is 1.00 bits per heavy atom. The van der Waals surface area contributed by atoms with Gasteiger partial charge in [0.25, 0.3) is 5.91 Å². The van der Waals surface area contributed by atoms with Crippen molar-refractivity contribution in [2.45, 2.75) is 32.1 Å². The number of likely N-dealkylation sites (tertiary alicyclic amines) is 1. The zero-order valence-corrected chi connectivity index (χ0v) is 19.1. The number of carbonyl (C=O) groups is 1. The van der Waals surface area contributed by atoms with Gasteiger partial charge in [0, 0.05) is 30.9 Å². The molecule has 2 aromatic carbocycles. The molecule has 2 aromatic rings. The number of nitrogens with one attached hydrogen (secondary N) is 2. The molecule has 0 saturated carbocycles. The first-order chi connectivity index (χ1) is 15.1. The Morgan fingerprint density at radius 2 is 1.71 bits per heavy atom. The predicted molar refractivity (Wildman–Crippen MR) is 128 cm³/mol. The van der Waals surface area contributed by atoms with Gasteiger partial charge in [-0.3, -0.25) is 4.79 Å². The molecule has 166 valence electrons. The molecule has 7 heteroatoms. The van der Waals surface area contributed by atoms with Crippen LogP contribution < -0.4 is 20.1 Å². The van der Waals surface area contributed by atoms with Crippen molar-refractivity contribution in [2.75, 3.05) is 39.2 Å². The minimum Gasteiger partial charge on any atom is -0.493 e. The van der Waals surface area contributed by atoms with Gasteiger partial charge in [-0.05, 0) is 86.3 Å². The summed E-state index contributed by atoms with van der Waals surface area (Å²) >= 11 is 5.39. The topological polar surface area (TPSA) is 62.8 Å². The Balaban J connectivity index is 1.41. The highest BCUT2D eigenvalue weighted by Gasteiger charge is 2.17. The van der Waals surface area contributed by atoms with Crippen LogP contribution in [0, 0.1) is 0 Å². The SMILES string of the molecule is COc1ccc(CCCNC(=S)Nc2ccc(C(=O)N3CCCCC3)cc2)cc1OC. The molecule has 1 heterocycles. The van der Waals surface area contributed by atoms with Crippen LogP contribution in [0.15, 0.2) is 42.5 Å². The molecule has 0 atom stereocenters. The number of aryl methyl sites for hydroxylation is 1. The Kier molecular flexibility index (Phi) is 8.53. The van der Waals surface area contributed by atoms with Crippen molar-refractivity contribution >= 4 is 28.9 Å². The number of carbonyl (C=O) groups excluding carboxylic acids is 1. The Labute approximate surface area is 189 Å². The summed E-state index contributed by atoms with van der Waals surface area (Å²) in [5.41, 5.74) is 2.78.